The molecule has 22 heavy (non-hydrogen) atoms. The summed E-state index contributed by atoms with van der Waals surface area (Å²) in [6, 6.07) is 0. The highest BCUT2D eigenvalue weighted by Gasteiger charge is 2.06. The zero-order valence-corrected chi connectivity index (χ0v) is 12.6. The van der Waals surface area contributed by atoms with E-state index in [9.17, 15) is 4.79 Å². The second kappa shape index (κ2) is 6.66. The number of hydrogen-bond donors (Lipinski definition) is 3. The lowest BCUT2D eigenvalue weighted by atomic mass is 10.3. The average molecular weight is 298 g/mol. The number of fused-ring (bicyclic) bond motifs is 1. The number of nitrogens with zero attached hydrogens (tertiary/aromatic N) is 3. The molecule has 2 aromatic heterocycles. The van der Waals surface area contributed by atoms with E-state index in [2.05, 4.69) is 31.8 Å². The van der Waals surface area contributed by atoms with E-state index in [0.717, 1.165) is 5.70 Å². The van der Waals surface area contributed by atoms with Gasteiger partial charge < -0.3 is 11.1 Å². The molecule has 0 aliphatic carbocycles. The van der Waals surface area contributed by atoms with Crippen molar-refractivity contribution < 1.29 is 0 Å². The third kappa shape index (κ3) is 3.78. The van der Waals surface area contributed by atoms with Crippen LogP contribution in [0.15, 0.2) is 47.1 Å². The van der Waals surface area contributed by atoms with Crippen LogP contribution in [0.3, 0.4) is 0 Å². The van der Waals surface area contributed by atoms with Crippen molar-refractivity contribution in [3.8, 4) is 0 Å². The Balaban J connectivity index is 2.22. The molecule has 0 radical (unpaired) electrons. The summed E-state index contributed by atoms with van der Waals surface area (Å²) < 4.78 is 0. The van der Waals surface area contributed by atoms with Gasteiger partial charge in [-0.2, -0.15) is 4.98 Å². The second-order valence-electron chi connectivity index (χ2n) is 4.91. The summed E-state index contributed by atoms with van der Waals surface area (Å²) >= 11 is 0. The van der Waals surface area contributed by atoms with Crippen molar-refractivity contribution in [2.75, 3.05) is 5.73 Å². The second-order valence-corrected chi connectivity index (χ2v) is 4.91. The molecule has 0 unspecified atom stereocenters. The standard InChI is InChI=1S/C15H18N6O/c1-4-10(6-5-9(2)3)17-7-11-8-18-13-12(19-11)14(22)21-15(16)20-13/h4-6,8,17H,1,7H2,2-3H3,(H3,16,18,20,21,22)/b10-6+. The first-order valence-corrected chi connectivity index (χ1v) is 6.72. The molecule has 114 valence electrons. The smallest absolute Gasteiger partial charge is 0.280 e. The van der Waals surface area contributed by atoms with Crippen LogP contribution in [0.4, 0.5) is 5.95 Å². The number of nitrogen functional groups attached to an aromatic ring is 1. The fourth-order valence-corrected chi connectivity index (χ4v) is 1.70. The van der Waals surface area contributed by atoms with Crippen LogP contribution in [0.2, 0.25) is 0 Å². The van der Waals surface area contributed by atoms with E-state index in [-0.39, 0.29) is 17.1 Å². The van der Waals surface area contributed by atoms with E-state index >= 15 is 0 Å². The molecule has 2 rings (SSSR count). The van der Waals surface area contributed by atoms with E-state index < -0.39 is 5.56 Å². The summed E-state index contributed by atoms with van der Waals surface area (Å²) in [7, 11) is 0. The molecular formula is C15H18N6O. The molecule has 0 amide bonds. The maximum Gasteiger partial charge on any atom is 0.280 e. The number of nitrogens with two attached hydrogens (primary N) is 1. The number of H-pyrrole nitrogens is 1. The van der Waals surface area contributed by atoms with Crippen LogP contribution in [-0.4, -0.2) is 19.9 Å². The Morgan fingerprint density at radius 1 is 1.41 bits per heavy atom. The van der Waals surface area contributed by atoms with E-state index in [1.807, 2.05) is 26.0 Å². The Kier molecular flexibility index (Phi) is 4.67. The summed E-state index contributed by atoms with van der Waals surface area (Å²) in [4.78, 5) is 26.5. The molecule has 4 N–H and O–H groups in total. The number of allylic oxidation sites excluding steroid dienone is 4. The topological polar surface area (TPSA) is 110 Å². The molecule has 2 aromatic rings. The highest BCUT2D eigenvalue weighted by molar-refractivity contribution is 5.69. The van der Waals surface area contributed by atoms with Crippen LogP contribution in [0.25, 0.3) is 11.2 Å². The number of aromatic amines is 1. The Morgan fingerprint density at radius 3 is 2.86 bits per heavy atom. The van der Waals surface area contributed by atoms with Gasteiger partial charge in [0.2, 0.25) is 5.95 Å². The zero-order chi connectivity index (χ0) is 16.1. The van der Waals surface area contributed by atoms with Gasteiger partial charge in [0.05, 0.1) is 18.4 Å². The first-order valence-electron chi connectivity index (χ1n) is 6.72. The maximum atomic E-state index is 11.8. The van der Waals surface area contributed by atoms with Crippen LogP contribution in [-0.2, 0) is 6.54 Å². The number of nitrogens with one attached hydrogen (secondary N) is 2. The van der Waals surface area contributed by atoms with Crippen molar-refractivity contribution in [3.05, 3.63) is 58.3 Å². The minimum atomic E-state index is -0.402. The van der Waals surface area contributed by atoms with Gasteiger partial charge in [-0.15, -0.1) is 0 Å². The Morgan fingerprint density at radius 2 is 2.18 bits per heavy atom. The van der Waals surface area contributed by atoms with Gasteiger partial charge in [-0.1, -0.05) is 18.2 Å². The van der Waals surface area contributed by atoms with Gasteiger partial charge in [0.15, 0.2) is 11.2 Å². The fraction of sp³-hybridized carbons (Fsp3) is 0.200. The third-order valence-corrected chi connectivity index (χ3v) is 2.78. The first-order chi connectivity index (χ1) is 10.5. The van der Waals surface area contributed by atoms with Crippen LogP contribution in [0.5, 0.6) is 0 Å². The molecule has 0 atom stereocenters. The van der Waals surface area contributed by atoms with Gasteiger partial charge in [-0.25, -0.2) is 9.97 Å². The summed E-state index contributed by atoms with van der Waals surface area (Å²) in [6.07, 6.45) is 7.17. The van der Waals surface area contributed by atoms with E-state index in [1.165, 1.54) is 5.57 Å². The van der Waals surface area contributed by atoms with E-state index in [0.29, 0.717) is 12.2 Å². The molecule has 0 saturated carbocycles. The van der Waals surface area contributed by atoms with Crippen molar-refractivity contribution in [2.45, 2.75) is 20.4 Å². The van der Waals surface area contributed by atoms with Gasteiger partial charge in [-0.05, 0) is 26.0 Å². The van der Waals surface area contributed by atoms with Gasteiger partial charge in [0.25, 0.3) is 5.56 Å². The summed E-state index contributed by atoms with van der Waals surface area (Å²) in [5.74, 6) is 0.0243. The minimum Gasteiger partial charge on any atom is -0.379 e. The normalized spacial score (nSPS) is 11.3. The average Bonchev–Trinajstić information content (AvgIpc) is 2.47. The zero-order valence-electron chi connectivity index (χ0n) is 12.6. The monoisotopic (exact) mass is 298 g/mol. The van der Waals surface area contributed by atoms with Crippen LogP contribution in [0.1, 0.15) is 19.5 Å². The van der Waals surface area contributed by atoms with Crippen LogP contribution >= 0.6 is 0 Å². The molecule has 2 heterocycles. The predicted molar refractivity (Wildman–Crippen MR) is 86.9 cm³/mol. The lowest BCUT2D eigenvalue weighted by Crippen LogP contribution is -2.17. The van der Waals surface area contributed by atoms with Crippen molar-refractivity contribution in [1.82, 2.24) is 25.3 Å². The number of aromatic nitrogens is 4. The quantitative estimate of drug-likeness (QED) is 0.720. The molecule has 0 aliphatic rings. The molecule has 7 nitrogen and oxygen atoms in total. The number of anilines is 1. The molecular weight excluding hydrogens is 280 g/mol. The molecule has 0 aromatic carbocycles. The molecule has 0 bridgehead atoms. The highest BCUT2D eigenvalue weighted by atomic mass is 16.1. The summed E-state index contributed by atoms with van der Waals surface area (Å²) in [6.45, 7) is 8.19. The van der Waals surface area contributed by atoms with Crippen LogP contribution < -0.4 is 16.6 Å². The lowest BCUT2D eigenvalue weighted by molar-refractivity contribution is 0.803. The van der Waals surface area contributed by atoms with E-state index in [4.69, 9.17) is 5.73 Å². The Labute approximate surface area is 127 Å². The Hall–Kier alpha value is -2.96. The lowest BCUT2D eigenvalue weighted by Gasteiger charge is -2.06. The van der Waals surface area contributed by atoms with Gasteiger partial charge >= 0.3 is 0 Å². The van der Waals surface area contributed by atoms with E-state index in [1.54, 1.807) is 12.3 Å². The SMILES string of the molecule is C=C/C(=C\C=C(C)C)NCc1cnc2nc(N)[nH]c(=O)c2n1. The minimum absolute atomic E-state index is 0.0243. The predicted octanol–water partition coefficient (Wildman–Crippen LogP) is 1.42. The highest BCUT2D eigenvalue weighted by Crippen LogP contribution is 2.04. The number of hydrogen-bond acceptors (Lipinski definition) is 6. The third-order valence-electron chi connectivity index (χ3n) is 2.78. The Bertz CT molecular complexity index is 814. The first kappa shape index (κ1) is 15.4. The molecule has 0 fully saturated rings. The summed E-state index contributed by atoms with van der Waals surface area (Å²) in [5.41, 5.74) is 8.12. The van der Waals surface area contributed by atoms with Crippen molar-refractivity contribution >= 4 is 17.1 Å². The molecule has 0 spiro atoms. The van der Waals surface area contributed by atoms with Crippen molar-refractivity contribution in [3.63, 3.8) is 0 Å². The maximum absolute atomic E-state index is 11.8. The van der Waals surface area contributed by atoms with Crippen molar-refractivity contribution in [2.24, 2.45) is 0 Å². The molecule has 7 heteroatoms. The fourth-order valence-electron chi connectivity index (χ4n) is 1.70. The largest absolute Gasteiger partial charge is 0.379 e. The van der Waals surface area contributed by atoms with Gasteiger partial charge in [0, 0.05) is 5.70 Å². The number of rotatable bonds is 5. The summed E-state index contributed by atoms with van der Waals surface area (Å²) in [5, 5.41) is 3.18. The van der Waals surface area contributed by atoms with Crippen LogP contribution in [0, 0.1) is 0 Å². The molecule has 0 aliphatic heterocycles. The van der Waals surface area contributed by atoms with Gasteiger partial charge in [0.1, 0.15) is 0 Å². The molecule has 0 saturated heterocycles. The van der Waals surface area contributed by atoms with Crippen molar-refractivity contribution in [1.29, 1.82) is 0 Å². The van der Waals surface area contributed by atoms with Gasteiger partial charge in [-0.3, -0.25) is 9.78 Å².